The lowest BCUT2D eigenvalue weighted by Gasteiger charge is -2.11. The number of carboxylic acid groups (broad SMARTS) is 1. The molecule has 0 amide bonds. The molecule has 0 unspecified atom stereocenters. The fraction of sp³-hybridized carbons (Fsp3) is 0.0714. The molecule has 98 valence electrons. The monoisotopic (exact) mass is 278 g/mol. The number of para-hydroxylation sites is 1. The van der Waals surface area contributed by atoms with Crippen LogP contribution in [0.5, 0.6) is 17.2 Å². The van der Waals surface area contributed by atoms with E-state index in [2.05, 4.69) is 0 Å². The Hall–Kier alpha value is -2.20. The Labute approximate surface area is 115 Å². The van der Waals surface area contributed by atoms with Crippen LogP contribution in [0.1, 0.15) is 10.4 Å². The highest BCUT2D eigenvalue weighted by Gasteiger charge is 2.15. The molecule has 5 heteroatoms. The van der Waals surface area contributed by atoms with Gasteiger partial charge < -0.3 is 14.6 Å². The van der Waals surface area contributed by atoms with Crippen molar-refractivity contribution in [2.24, 2.45) is 0 Å². The van der Waals surface area contributed by atoms with Gasteiger partial charge >= 0.3 is 5.97 Å². The van der Waals surface area contributed by atoms with Gasteiger partial charge in [0.25, 0.3) is 0 Å². The molecule has 19 heavy (non-hydrogen) atoms. The van der Waals surface area contributed by atoms with Gasteiger partial charge in [0.1, 0.15) is 17.1 Å². The van der Waals surface area contributed by atoms with E-state index >= 15 is 0 Å². The second-order valence-electron chi connectivity index (χ2n) is 3.70. The number of hydrogen-bond acceptors (Lipinski definition) is 3. The van der Waals surface area contributed by atoms with Crippen molar-refractivity contribution in [1.82, 2.24) is 0 Å². The van der Waals surface area contributed by atoms with E-state index in [4.69, 9.17) is 26.2 Å². The molecule has 0 aliphatic heterocycles. The molecule has 0 atom stereocenters. The topological polar surface area (TPSA) is 55.8 Å². The van der Waals surface area contributed by atoms with Crippen LogP contribution in [0.4, 0.5) is 0 Å². The Morgan fingerprint density at radius 1 is 1.16 bits per heavy atom. The fourth-order valence-corrected chi connectivity index (χ4v) is 1.78. The molecular weight excluding hydrogens is 268 g/mol. The Morgan fingerprint density at radius 3 is 2.53 bits per heavy atom. The molecule has 0 aliphatic rings. The molecule has 2 aromatic rings. The molecule has 2 rings (SSSR count). The van der Waals surface area contributed by atoms with Crippen molar-refractivity contribution < 1.29 is 19.4 Å². The summed E-state index contributed by atoms with van der Waals surface area (Å²) in [6, 6.07) is 11.4. The van der Waals surface area contributed by atoms with Crippen molar-refractivity contribution >= 4 is 17.6 Å². The third kappa shape index (κ3) is 2.98. The highest BCUT2D eigenvalue weighted by Crippen LogP contribution is 2.34. The zero-order valence-electron chi connectivity index (χ0n) is 10.1. The van der Waals surface area contributed by atoms with E-state index in [1.54, 1.807) is 36.4 Å². The zero-order valence-corrected chi connectivity index (χ0v) is 10.8. The van der Waals surface area contributed by atoms with Crippen LogP contribution in [0.15, 0.2) is 42.5 Å². The summed E-state index contributed by atoms with van der Waals surface area (Å²) in [6.07, 6.45) is 0. The number of aromatic carboxylic acids is 1. The van der Waals surface area contributed by atoms with Gasteiger partial charge in [-0.05, 0) is 24.3 Å². The maximum absolute atomic E-state index is 11.1. The highest BCUT2D eigenvalue weighted by molar-refractivity contribution is 6.32. The summed E-state index contributed by atoms with van der Waals surface area (Å²) in [5.41, 5.74) is 0.00956. The number of benzene rings is 2. The largest absolute Gasteiger partial charge is 0.497 e. The van der Waals surface area contributed by atoms with E-state index in [9.17, 15) is 4.79 Å². The van der Waals surface area contributed by atoms with Gasteiger partial charge in [-0.1, -0.05) is 23.7 Å². The van der Waals surface area contributed by atoms with Crippen molar-refractivity contribution in [2.45, 2.75) is 0 Å². The van der Waals surface area contributed by atoms with Gasteiger partial charge in [0.05, 0.1) is 12.1 Å². The first kappa shape index (κ1) is 13.2. The van der Waals surface area contributed by atoms with E-state index in [0.717, 1.165) is 0 Å². The smallest absolute Gasteiger partial charge is 0.339 e. The molecule has 0 heterocycles. The molecule has 2 aromatic carbocycles. The third-order valence-corrected chi connectivity index (χ3v) is 2.76. The zero-order chi connectivity index (χ0) is 13.8. The Bertz CT molecular complexity index is 610. The van der Waals surface area contributed by atoms with Crippen LogP contribution in [-0.2, 0) is 0 Å². The summed E-state index contributed by atoms with van der Waals surface area (Å²) >= 11 is 5.98. The number of carboxylic acids is 1. The van der Waals surface area contributed by atoms with Gasteiger partial charge in [0.15, 0.2) is 5.75 Å². The molecule has 0 saturated carbocycles. The van der Waals surface area contributed by atoms with Crippen LogP contribution in [0, 0.1) is 0 Å². The average molecular weight is 279 g/mol. The predicted molar refractivity (Wildman–Crippen MR) is 71.5 cm³/mol. The first-order valence-corrected chi connectivity index (χ1v) is 5.83. The SMILES string of the molecule is COc1cccc(Oc2c(Cl)cccc2C(=O)O)c1. The van der Waals surface area contributed by atoms with Crippen LogP contribution in [0.3, 0.4) is 0 Å². The Morgan fingerprint density at radius 2 is 1.84 bits per heavy atom. The number of ether oxygens (including phenoxy) is 2. The first-order chi connectivity index (χ1) is 9.11. The van der Waals surface area contributed by atoms with Crippen LogP contribution >= 0.6 is 11.6 Å². The number of carbonyl (C=O) groups is 1. The van der Waals surface area contributed by atoms with E-state index in [1.807, 2.05) is 0 Å². The van der Waals surface area contributed by atoms with Gasteiger partial charge in [-0.3, -0.25) is 0 Å². The summed E-state index contributed by atoms with van der Waals surface area (Å²) in [5.74, 6) is 0.0849. The first-order valence-electron chi connectivity index (χ1n) is 5.45. The molecule has 0 aromatic heterocycles. The molecule has 0 aliphatic carbocycles. The maximum Gasteiger partial charge on any atom is 0.339 e. The van der Waals surface area contributed by atoms with Crippen LogP contribution in [-0.4, -0.2) is 18.2 Å². The molecule has 0 bridgehead atoms. The van der Waals surface area contributed by atoms with Gasteiger partial charge in [-0.25, -0.2) is 4.79 Å². The number of methoxy groups -OCH3 is 1. The second-order valence-corrected chi connectivity index (χ2v) is 4.11. The van der Waals surface area contributed by atoms with Gasteiger partial charge in [-0.2, -0.15) is 0 Å². The van der Waals surface area contributed by atoms with Crippen molar-refractivity contribution in [3.63, 3.8) is 0 Å². The van der Waals surface area contributed by atoms with Crippen molar-refractivity contribution in [3.8, 4) is 17.2 Å². The van der Waals surface area contributed by atoms with E-state index in [1.165, 1.54) is 13.2 Å². The molecule has 1 N–H and O–H groups in total. The fourth-order valence-electron chi connectivity index (χ4n) is 1.56. The molecule has 0 saturated heterocycles. The second kappa shape index (κ2) is 5.63. The van der Waals surface area contributed by atoms with E-state index in [-0.39, 0.29) is 16.3 Å². The maximum atomic E-state index is 11.1. The average Bonchev–Trinajstić information content (AvgIpc) is 2.41. The molecular formula is C14H11ClO4. The minimum atomic E-state index is -1.10. The van der Waals surface area contributed by atoms with E-state index in [0.29, 0.717) is 11.5 Å². The van der Waals surface area contributed by atoms with Gasteiger partial charge in [0.2, 0.25) is 0 Å². The van der Waals surface area contributed by atoms with Gasteiger partial charge in [0, 0.05) is 6.07 Å². The predicted octanol–water partition coefficient (Wildman–Crippen LogP) is 3.84. The van der Waals surface area contributed by atoms with Crippen LogP contribution < -0.4 is 9.47 Å². The molecule has 0 spiro atoms. The molecule has 0 radical (unpaired) electrons. The lowest BCUT2D eigenvalue weighted by Crippen LogP contribution is -2.00. The minimum absolute atomic E-state index is 0.00956. The number of hydrogen-bond donors (Lipinski definition) is 1. The van der Waals surface area contributed by atoms with Gasteiger partial charge in [-0.15, -0.1) is 0 Å². The summed E-state index contributed by atoms with van der Waals surface area (Å²) < 4.78 is 10.6. The summed E-state index contributed by atoms with van der Waals surface area (Å²) in [6.45, 7) is 0. The van der Waals surface area contributed by atoms with Crippen molar-refractivity contribution in [1.29, 1.82) is 0 Å². The van der Waals surface area contributed by atoms with E-state index < -0.39 is 5.97 Å². The highest BCUT2D eigenvalue weighted by atomic mass is 35.5. The lowest BCUT2D eigenvalue weighted by atomic mass is 10.2. The summed E-state index contributed by atoms with van der Waals surface area (Å²) in [4.78, 5) is 11.1. The van der Waals surface area contributed by atoms with Crippen molar-refractivity contribution in [3.05, 3.63) is 53.1 Å². The third-order valence-electron chi connectivity index (χ3n) is 2.46. The molecule has 0 fully saturated rings. The van der Waals surface area contributed by atoms with Crippen molar-refractivity contribution in [2.75, 3.05) is 7.11 Å². The normalized spacial score (nSPS) is 10.0. The van der Waals surface area contributed by atoms with Crippen LogP contribution in [0.25, 0.3) is 0 Å². The number of halogens is 1. The molecule has 4 nitrogen and oxygen atoms in total. The standard InChI is InChI=1S/C14H11ClO4/c1-18-9-4-2-5-10(8-9)19-13-11(14(16)17)6-3-7-12(13)15/h2-8H,1H3,(H,16,17). The lowest BCUT2D eigenvalue weighted by molar-refractivity contribution is 0.0694. The Kier molecular flexibility index (Phi) is 3.92. The Balaban J connectivity index is 2.40. The minimum Gasteiger partial charge on any atom is -0.497 e. The number of rotatable bonds is 4. The quantitative estimate of drug-likeness (QED) is 0.923. The summed E-state index contributed by atoms with van der Waals surface area (Å²) in [5, 5.41) is 9.34. The summed E-state index contributed by atoms with van der Waals surface area (Å²) in [7, 11) is 1.54. The van der Waals surface area contributed by atoms with Crippen LogP contribution in [0.2, 0.25) is 5.02 Å².